The minimum atomic E-state index is -0.880. The highest BCUT2D eigenvalue weighted by molar-refractivity contribution is 6.04. The number of carbonyl (C=O) groups is 2. The number of non-ortho nitro benzene ring substituents is 1. The third-order valence-electron chi connectivity index (χ3n) is 4.67. The number of benzene rings is 2. The second-order valence-electron chi connectivity index (χ2n) is 6.89. The third kappa shape index (κ3) is 5.54. The standard InChI is InChI=1S/C21H23N3O6/c1-14(30-16-10-8-15(9-11-16)24(27)28)20(25)23-19-7-3-2-6-18(19)21(26)22-13-17-5-4-12-29-17/h2-3,6-11,14,17H,4-5,12-13H2,1H3,(H,22,26)(H,23,25). The van der Waals surface area contributed by atoms with Crippen molar-refractivity contribution in [3.8, 4) is 5.75 Å². The zero-order valence-corrected chi connectivity index (χ0v) is 16.5. The monoisotopic (exact) mass is 413 g/mol. The normalized spacial score (nSPS) is 16.5. The predicted octanol–water partition coefficient (Wildman–Crippen LogP) is 2.91. The third-order valence-corrected chi connectivity index (χ3v) is 4.67. The van der Waals surface area contributed by atoms with Gasteiger partial charge < -0.3 is 20.1 Å². The molecule has 3 rings (SSSR count). The van der Waals surface area contributed by atoms with E-state index < -0.39 is 16.9 Å². The number of rotatable bonds is 8. The molecule has 158 valence electrons. The number of anilines is 1. The minimum absolute atomic E-state index is 0.0193. The molecule has 9 heteroatoms. The molecular formula is C21H23N3O6. The van der Waals surface area contributed by atoms with Crippen molar-refractivity contribution in [2.75, 3.05) is 18.5 Å². The molecule has 1 heterocycles. The van der Waals surface area contributed by atoms with Crippen molar-refractivity contribution < 1.29 is 24.0 Å². The highest BCUT2D eigenvalue weighted by Crippen LogP contribution is 2.20. The SMILES string of the molecule is CC(Oc1ccc([N+](=O)[O-])cc1)C(=O)Nc1ccccc1C(=O)NCC1CCCO1. The van der Waals surface area contributed by atoms with Crippen LogP contribution in [0.3, 0.4) is 0 Å². The van der Waals surface area contributed by atoms with Crippen molar-refractivity contribution in [1.82, 2.24) is 5.32 Å². The Balaban J connectivity index is 1.60. The molecular weight excluding hydrogens is 390 g/mol. The van der Waals surface area contributed by atoms with Crippen molar-refractivity contribution in [2.45, 2.75) is 32.0 Å². The summed E-state index contributed by atoms with van der Waals surface area (Å²) in [6.07, 6.45) is 1.04. The van der Waals surface area contributed by atoms with Gasteiger partial charge in [0.2, 0.25) is 0 Å². The molecule has 2 atom stereocenters. The van der Waals surface area contributed by atoms with E-state index in [1.165, 1.54) is 24.3 Å². The fourth-order valence-corrected chi connectivity index (χ4v) is 3.04. The summed E-state index contributed by atoms with van der Waals surface area (Å²) in [6.45, 7) is 2.68. The van der Waals surface area contributed by atoms with Crippen molar-refractivity contribution in [2.24, 2.45) is 0 Å². The molecule has 0 bridgehead atoms. The molecule has 0 aliphatic carbocycles. The van der Waals surface area contributed by atoms with Gasteiger partial charge in [-0.15, -0.1) is 0 Å². The van der Waals surface area contributed by atoms with Crippen molar-refractivity contribution in [3.63, 3.8) is 0 Å². The van der Waals surface area contributed by atoms with Gasteiger partial charge in [0.15, 0.2) is 6.10 Å². The largest absolute Gasteiger partial charge is 0.481 e. The smallest absolute Gasteiger partial charge is 0.269 e. The summed E-state index contributed by atoms with van der Waals surface area (Å²) in [6, 6.07) is 12.1. The van der Waals surface area contributed by atoms with Crippen molar-refractivity contribution in [1.29, 1.82) is 0 Å². The first-order chi connectivity index (χ1) is 14.4. The van der Waals surface area contributed by atoms with Crippen LogP contribution in [0.15, 0.2) is 48.5 Å². The first kappa shape index (κ1) is 21.3. The maximum absolute atomic E-state index is 12.5. The lowest BCUT2D eigenvalue weighted by Crippen LogP contribution is -2.34. The quantitative estimate of drug-likeness (QED) is 0.507. The van der Waals surface area contributed by atoms with Gasteiger partial charge in [-0.25, -0.2) is 0 Å². The molecule has 1 aliphatic heterocycles. The highest BCUT2D eigenvalue weighted by atomic mass is 16.6. The number of nitro groups is 1. The Hall–Kier alpha value is -3.46. The number of nitrogens with one attached hydrogen (secondary N) is 2. The number of nitro benzene ring substituents is 1. The van der Waals surface area contributed by atoms with Gasteiger partial charge in [-0.2, -0.15) is 0 Å². The summed E-state index contributed by atoms with van der Waals surface area (Å²) in [5, 5.41) is 16.3. The van der Waals surface area contributed by atoms with E-state index in [-0.39, 0.29) is 17.7 Å². The van der Waals surface area contributed by atoms with E-state index in [4.69, 9.17) is 9.47 Å². The highest BCUT2D eigenvalue weighted by Gasteiger charge is 2.20. The lowest BCUT2D eigenvalue weighted by molar-refractivity contribution is -0.384. The van der Waals surface area contributed by atoms with Gasteiger partial charge in [0.25, 0.3) is 17.5 Å². The fourth-order valence-electron chi connectivity index (χ4n) is 3.04. The number of nitrogens with zero attached hydrogens (tertiary/aromatic N) is 1. The van der Waals surface area contributed by atoms with E-state index in [9.17, 15) is 19.7 Å². The van der Waals surface area contributed by atoms with Crippen LogP contribution in [0.4, 0.5) is 11.4 Å². The van der Waals surface area contributed by atoms with Gasteiger partial charge >= 0.3 is 0 Å². The molecule has 2 amide bonds. The Morgan fingerprint density at radius 2 is 1.97 bits per heavy atom. The molecule has 2 aromatic carbocycles. The maximum Gasteiger partial charge on any atom is 0.269 e. The summed E-state index contributed by atoms with van der Waals surface area (Å²) in [5.41, 5.74) is 0.639. The molecule has 0 spiro atoms. The molecule has 9 nitrogen and oxygen atoms in total. The first-order valence-corrected chi connectivity index (χ1v) is 9.65. The molecule has 2 aromatic rings. The van der Waals surface area contributed by atoms with Gasteiger partial charge in [-0.05, 0) is 44.0 Å². The number of ether oxygens (including phenoxy) is 2. The average Bonchev–Trinajstić information content (AvgIpc) is 3.26. The van der Waals surface area contributed by atoms with Crippen LogP contribution in [0.1, 0.15) is 30.1 Å². The summed E-state index contributed by atoms with van der Waals surface area (Å²) in [5.74, 6) is -0.427. The van der Waals surface area contributed by atoms with Crippen LogP contribution in [0.2, 0.25) is 0 Å². The summed E-state index contributed by atoms with van der Waals surface area (Å²) in [7, 11) is 0. The van der Waals surface area contributed by atoms with Crippen LogP contribution in [-0.2, 0) is 9.53 Å². The predicted molar refractivity (Wildman–Crippen MR) is 110 cm³/mol. The minimum Gasteiger partial charge on any atom is -0.481 e. The molecule has 30 heavy (non-hydrogen) atoms. The van der Waals surface area contributed by atoms with E-state index >= 15 is 0 Å². The van der Waals surface area contributed by atoms with E-state index in [1.807, 2.05) is 0 Å². The second kappa shape index (κ2) is 9.84. The molecule has 2 N–H and O–H groups in total. The molecule has 2 unspecified atom stereocenters. The Bertz CT molecular complexity index is 909. The molecule has 1 fully saturated rings. The van der Waals surface area contributed by atoms with Crippen LogP contribution in [0, 0.1) is 10.1 Å². The molecule has 0 saturated carbocycles. The van der Waals surface area contributed by atoms with E-state index in [1.54, 1.807) is 31.2 Å². The van der Waals surface area contributed by atoms with E-state index in [2.05, 4.69) is 10.6 Å². The Kier molecular flexibility index (Phi) is 6.97. The number of amides is 2. The van der Waals surface area contributed by atoms with Crippen molar-refractivity contribution >= 4 is 23.2 Å². The molecule has 0 radical (unpaired) electrons. The number of carbonyl (C=O) groups excluding carboxylic acids is 2. The summed E-state index contributed by atoms with van der Waals surface area (Å²) < 4.78 is 11.1. The lowest BCUT2D eigenvalue weighted by Gasteiger charge is -2.17. The average molecular weight is 413 g/mol. The number of hydrogen-bond acceptors (Lipinski definition) is 6. The molecule has 1 saturated heterocycles. The van der Waals surface area contributed by atoms with Crippen molar-refractivity contribution in [3.05, 3.63) is 64.2 Å². The number of hydrogen-bond donors (Lipinski definition) is 2. The second-order valence-corrected chi connectivity index (χ2v) is 6.89. The van der Waals surface area contributed by atoms with E-state index in [0.29, 0.717) is 30.2 Å². The van der Waals surface area contributed by atoms with E-state index in [0.717, 1.165) is 12.8 Å². The maximum atomic E-state index is 12.5. The number of para-hydroxylation sites is 1. The van der Waals surface area contributed by atoms with Gasteiger partial charge in [0, 0.05) is 25.3 Å². The van der Waals surface area contributed by atoms with Crippen LogP contribution in [-0.4, -0.2) is 42.1 Å². The van der Waals surface area contributed by atoms with Crippen LogP contribution in [0.5, 0.6) is 5.75 Å². The zero-order valence-electron chi connectivity index (χ0n) is 16.5. The van der Waals surface area contributed by atoms with Gasteiger partial charge in [-0.1, -0.05) is 12.1 Å². The van der Waals surface area contributed by atoms with Crippen LogP contribution >= 0.6 is 0 Å². The van der Waals surface area contributed by atoms with Gasteiger partial charge in [0.1, 0.15) is 5.75 Å². The Morgan fingerprint density at radius 3 is 2.63 bits per heavy atom. The van der Waals surface area contributed by atoms with Crippen LogP contribution in [0.25, 0.3) is 0 Å². The topological polar surface area (TPSA) is 120 Å². The first-order valence-electron chi connectivity index (χ1n) is 9.65. The zero-order chi connectivity index (χ0) is 21.5. The fraction of sp³-hybridized carbons (Fsp3) is 0.333. The van der Waals surface area contributed by atoms with Crippen LogP contribution < -0.4 is 15.4 Å². The Morgan fingerprint density at radius 1 is 1.23 bits per heavy atom. The molecule has 0 aromatic heterocycles. The van der Waals surface area contributed by atoms with Gasteiger partial charge in [0.05, 0.1) is 22.3 Å². The lowest BCUT2D eigenvalue weighted by atomic mass is 10.1. The van der Waals surface area contributed by atoms with Gasteiger partial charge in [-0.3, -0.25) is 19.7 Å². The summed E-state index contributed by atoms with van der Waals surface area (Å²) in [4.78, 5) is 35.3. The molecule has 1 aliphatic rings. The summed E-state index contributed by atoms with van der Waals surface area (Å²) >= 11 is 0. The Labute approximate surface area is 173 Å².